The van der Waals surface area contributed by atoms with Crippen LogP contribution in [0, 0.1) is 0 Å². The lowest BCUT2D eigenvalue weighted by Crippen LogP contribution is -2.30. The summed E-state index contributed by atoms with van der Waals surface area (Å²) >= 11 is 0. The molecule has 4 rings (SSSR count). The first-order valence-corrected chi connectivity index (χ1v) is 9.61. The number of ketones is 1. The molecule has 2 nitrogen and oxygen atoms in total. The highest BCUT2D eigenvalue weighted by molar-refractivity contribution is 5.98. The maximum atomic E-state index is 13.0. The van der Waals surface area contributed by atoms with Gasteiger partial charge in [-0.2, -0.15) is 0 Å². The Morgan fingerprint density at radius 3 is 1.86 bits per heavy atom. The van der Waals surface area contributed by atoms with Crippen LogP contribution in [0.2, 0.25) is 0 Å². The Morgan fingerprint density at radius 2 is 1.29 bits per heavy atom. The minimum absolute atomic E-state index is 0.00655. The predicted octanol–water partition coefficient (Wildman–Crippen LogP) is 5.34. The summed E-state index contributed by atoms with van der Waals surface area (Å²) in [5, 5.41) is 0. The van der Waals surface area contributed by atoms with Gasteiger partial charge in [-0.15, -0.1) is 0 Å². The molecule has 0 amide bonds. The van der Waals surface area contributed by atoms with Crippen LogP contribution in [-0.4, -0.2) is 17.2 Å². The average molecular weight is 365 g/mol. The summed E-state index contributed by atoms with van der Waals surface area (Å²) < 4.78 is 0. The second-order valence-corrected chi connectivity index (χ2v) is 7.02. The number of hydrogen-bond donors (Lipinski definition) is 0. The molecule has 0 radical (unpaired) electrons. The number of allylic oxidation sites excluding steroid dienone is 2. The van der Waals surface area contributed by atoms with Crippen molar-refractivity contribution in [3.05, 3.63) is 132 Å². The van der Waals surface area contributed by atoms with Gasteiger partial charge in [0, 0.05) is 18.2 Å². The minimum Gasteiger partial charge on any atom is -0.359 e. The smallest absolute Gasteiger partial charge is 0.178 e. The molecule has 0 fully saturated rings. The molecule has 0 saturated carbocycles. The third-order valence-electron chi connectivity index (χ3n) is 5.06. The van der Waals surface area contributed by atoms with Crippen LogP contribution in [0.3, 0.4) is 0 Å². The van der Waals surface area contributed by atoms with Gasteiger partial charge in [0.2, 0.25) is 0 Å². The highest BCUT2D eigenvalue weighted by Crippen LogP contribution is 2.30. The van der Waals surface area contributed by atoms with Crippen molar-refractivity contribution in [1.29, 1.82) is 0 Å². The molecule has 1 aliphatic heterocycles. The maximum Gasteiger partial charge on any atom is 0.178 e. The van der Waals surface area contributed by atoms with E-state index in [0.717, 1.165) is 11.1 Å². The van der Waals surface area contributed by atoms with Gasteiger partial charge >= 0.3 is 0 Å². The largest absolute Gasteiger partial charge is 0.359 e. The van der Waals surface area contributed by atoms with E-state index in [0.29, 0.717) is 13.0 Å². The van der Waals surface area contributed by atoms with Crippen LogP contribution < -0.4 is 0 Å². The molecule has 1 aliphatic rings. The zero-order valence-corrected chi connectivity index (χ0v) is 15.7. The van der Waals surface area contributed by atoms with Crippen LogP contribution in [0.25, 0.3) is 0 Å². The van der Waals surface area contributed by atoms with E-state index < -0.39 is 0 Å². The molecule has 0 aliphatic carbocycles. The lowest BCUT2D eigenvalue weighted by atomic mass is 9.96. The van der Waals surface area contributed by atoms with Gasteiger partial charge < -0.3 is 4.90 Å². The second-order valence-electron chi connectivity index (χ2n) is 7.02. The van der Waals surface area contributed by atoms with Crippen molar-refractivity contribution in [3.8, 4) is 0 Å². The Hall–Kier alpha value is -3.39. The van der Waals surface area contributed by atoms with Gasteiger partial charge in [0.15, 0.2) is 5.78 Å². The lowest BCUT2D eigenvalue weighted by molar-refractivity contribution is -0.116. The number of carbonyl (C=O) groups is 1. The summed E-state index contributed by atoms with van der Waals surface area (Å²) in [6, 6.07) is 30.9. The summed E-state index contributed by atoms with van der Waals surface area (Å²) in [5.74, 6) is 0.172. The number of nitrogens with zero attached hydrogens (tertiary/aromatic N) is 1. The fourth-order valence-electron chi connectivity index (χ4n) is 3.68. The number of Topliss-reactive ketones (excluding diaryl/α,β-unsaturated/α-hetero) is 1. The first kappa shape index (κ1) is 18.0. The molecule has 0 bridgehead atoms. The SMILES string of the molecule is O=C1CN(C(c2ccccc2)c2ccccc2)C=CC=C1Cc1ccccc1. The molecule has 0 unspecified atom stereocenters. The van der Waals surface area contributed by atoms with Gasteiger partial charge in [0.25, 0.3) is 0 Å². The van der Waals surface area contributed by atoms with Gasteiger partial charge in [0.05, 0.1) is 12.6 Å². The molecule has 28 heavy (non-hydrogen) atoms. The summed E-state index contributed by atoms with van der Waals surface area (Å²) in [6.45, 7) is 0.365. The topological polar surface area (TPSA) is 20.3 Å². The minimum atomic E-state index is 0.00655. The van der Waals surface area contributed by atoms with Crippen LogP contribution in [0.5, 0.6) is 0 Å². The van der Waals surface area contributed by atoms with Crippen LogP contribution in [0.4, 0.5) is 0 Å². The molecule has 0 N–H and O–H groups in total. The second kappa shape index (κ2) is 8.53. The zero-order chi connectivity index (χ0) is 19.2. The Balaban J connectivity index is 1.61. The summed E-state index contributed by atoms with van der Waals surface area (Å²) in [6.07, 6.45) is 6.67. The van der Waals surface area contributed by atoms with Gasteiger partial charge in [0.1, 0.15) is 0 Å². The van der Waals surface area contributed by atoms with Crippen molar-refractivity contribution >= 4 is 5.78 Å². The van der Waals surface area contributed by atoms with Crippen molar-refractivity contribution in [3.63, 3.8) is 0 Å². The van der Waals surface area contributed by atoms with E-state index >= 15 is 0 Å². The quantitative estimate of drug-likeness (QED) is 0.608. The van der Waals surface area contributed by atoms with E-state index in [2.05, 4.69) is 41.3 Å². The predicted molar refractivity (Wildman–Crippen MR) is 114 cm³/mol. The van der Waals surface area contributed by atoms with Gasteiger partial charge in [-0.05, 0) is 22.8 Å². The highest BCUT2D eigenvalue weighted by Gasteiger charge is 2.24. The summed E-state index contributed by atoms with van der Waals surface area (Å²) in [5.41, 5.74) is 4.37. The standard InChI is InChI=1S/C26H23NO/c28-25-20-27(18-10-17-24(25)19-21-11-4-1-5-12-21)26(22-13-6-2-7-14-22)23-15-8-3-9-16-23/h1-18,26H,19-20H2. The van der Waals surface area contributed by atoms with Crippen LogP contribution in [-0.2, 0) is 11.2 Å². The fourth-order valence-corrected chi connectivity index (χ4v) is 3.68. The average Bonchev–Trinajstić information content (AvgIpc) is 2.92. The molecule has 0 spiro atoms. The number of hydrogen-bond acceptors (Lipinski definition) is 2. The Morgan fingerprint density at radius 1 is 0.750 bits per heavy atom. The molecule has 1 heterocycles. The number of benzene rings is 3. The first-order valence-electron chi connectivity index (χ1n) is 9.61. The van der Waals surface area contributed by atoms with Gasteiger partial charge in [-0.3, -0.25) is 4.79 Å². The number of carbonyl (C=O) groups excluding carboxylic acids is 1. The third-order valence-corrected chi connectivity index (χ3v) is 5.06. The number of rotatable bonds is 5. The van der Waals surface area contributed by atoms with E-state index in [1.807, 2.05) is 72.9 Å². The highest BCUT2D eigenvalue weighted by atomic mass is 16.1. The summed E-state index contributed by atoms with van der Waals surface area (Å²) in [7, 11) is 0. The normalized spacial score (nSPS) is 14.1. The van der Waals surface area contributed by atoms with Crippen molar-refractivity contribution in [2.24, 2.45) is 0 Å². The van der Waals surface area contributed by atoms with E-state index in [1.54, 1.807) is 0 Å². The van der Waals surface area contributed by atoms with Crippen molar-refractivity contribution in [1.82, 2.24) is 4.90 Å². The molecule has 3 aromatic rings. The molecule has 0 saturated heterocycles. The van der Waals surface area contributed by atoms with E-state index in [4.69, 9.17) is 0 Å². The monoisotopic (exact) mass is 365 g/mol. The van der Waals surface area contributed by atoms with Crippen molar-refractivity contribution in [2.45, 2.75) is 12.5 Å². The first-order chi connectivity index (χ1) is 13.8. The third kappa shape index (κ3) is 4.12. The van der Waals surface area contributed by atoms with Crippen LogP contribution in [0.1, 0.15) is 22.7 Å². The van der Waals surface area contributed by atoms with Crippen molar-refractivity contribution in [2.75, 3.05) is 6.54 Å². The Labute approximate surface area is 166 Å². The Kier molecular flexibility index (Phi) is 5.48. The molecule has 2 heteroatoms. The van der Waals surface area contributed by atoms with Crippen molar-refractivity contribution < 1.29 is 4.79 Å². The van der Waals surface area contributed by atoms with E-state index in [-0.39, 0.29) is 11.8 Å². The molecular weight excluding hydrogens is 342 g/mol. The fraction of sp³-hybridized carbons (Fsp3) is 0.115. The van der Waals surface area contributed by atoms with Gasteiger partial charge in [-0.1, -0.05) is 97.1 Å². The Bertz CT molecular complexity index is 935. The van der Waals surface area contributed by atoms with E-state index in [9.17, 15) is 4.79 Å². The zero-order valence-electron chi connectivity index (χ0n) is 15.7. The van der Waals surface area contributed by atoms with Gasteiger partial charge in [-0.25, -0.2) is 0 Å². The van der Waals surface area contributed by atoms with E-state index in [1.165, 1.54) is 11.1 Å². The molecule has 0 aromatic heterocycles. The molecular formula is C26H23NO. The molecule has 0 atom stereocenters. The maximum absolute atomic E-state index is 13.0. The molecule has 138 valence electrons. The van der Waals surface area contributed by atoms with Crippen LogP contribution >= 0.6 is 0 Å². The lowest BCUT2D eigenvalue weighted by Gasteiger charge is -2.30. The molecule has 3 aromatic carbocycles. The summed E-state index contributed by atoms with van der Waals surface area (Å²) in [4.78, 5) is 15.2. The van der Waals surface area contributed by atoms with Crippen LogP contribution in [0.15, 0.2) is 115 Å².